The van der Waals surface area contributed by atoms with E-state index in [9.17, 15) is 9.59 Å². The summed E-state index contributed by atoms with van der Waals surface area (Å²) in [4.78, 5) is 24.8. The Kier molecular flexibility index (Phi) is 4.74. The van der Waals surface area contributed by atoms with Crippen LogP contribution < -0.4 is 10.6 Å². The fourth-order valence-electron chi connectivity index (χ4n) is 5.80. The molecule has 5 nitrogen and oxygen atoms in total. The van der Waals surface area contributed by atoms with Crippen LogP contribution in [0.4, 0.5) is 0 Å². The minimum absolute atomic E-state index is 0.0693. The number of nitrogens with one attached hydrogen (secondary N) is 2. The largest absolute Gasteiger partial charge is 0.395 e. The third kappa shape index (κ3) is 3.37. The third-order valence-corrected chi connectivity index (χ3v) is 6.59. The first kappa shape index (κ1) is 17.5. The maximum atomic E-state index is 13.0. The van der Waals surface area contributed by atoms with Crippen LogP contribution in [0.1, 0.15) is 54.4 Å². The van der Waals surface area contributed by atoms with Gasteiger partial charge in [-0.1, -0.05) is 12.1 Å². The maximum absolute atomic E-state index is 13.0. The Morgan fingerprint density at radius 2 is 1.54 bits per heavy atom. The Labute approximate surface area is 154 Å². The molecule has 5 rings (SSSR count). The van der Waals surface area contributed by atoms with Gasteiger partial charge in [0.2, 0.25) is 5.91 Å². The summed E-state index contributed by atoms with van der Waals surface area (Å²) in [6.45, 7) is 0.695. The third-order valence-electron chi connectivity index (χ3n) is 6.59. The molecule has 4 fully saturated rings. The number of aliphatic hydroxyl groups excluding tert-OH is 1. The van der Waals surface area contributed by atoms with Gasteiger partial charge in [-0.15, -0.1) is 0 Å². The van der Waals surface area contributed by atoms with Gasteiger partial charge in [0.15, 0.2) is 0 Å². The normalized spacial score (nSPS) is 31.7. The van der Waals surface area contributed by atoms with Gasteiger partial charge in [-0.05, 0) is 74.0 Å². The fourth-order valence-corrected chi connectivity index (χ4v) is 5.80. The Morgan fingerprint density at radius 3 is 2.08 bits per heavy atom. The standard InChI is InChI=1S/C21H28N2O3/c24-6-5-22-19(25)18-3-1-14(2-4-18)13-23-20(26)21-10-15-7-16(11-21)9-17(8-15)12-21/h1-4,15-17,24H,5-13H2,(H,22,25)(H,23,26). The van der Waals surface area contributed by atoms with E-state index < -0.39 is 0 Å². The molecule has 5 heteroatoms. The lowest BCUT2D eigenvalue weighted by Crippen LogP contribution is -2.53. The highest BCUT2D eigenvalue weighted by Gasteiger charge is 2.54. The Hall–Kier alpha value is -1.88. The summed E-state index contributed by atoms with van der Waals surface area (Å²) in [5.74, 6) is 2.35. The van der Waals surface area contributed by atoms with Gasteiger partial charge >= 0.3 is 0 Å². The number of carbonyl (C=O) groups excluding carboxylic acids is 2. The van der Waals surface area contributed by atoms with E-state index >= 15 is 0 Å². The van der Waals surface area contributed by atoms with E-state index in [4.69, 9.17) is 5.11 Å². The molecule has 26 heavy (non-hydrogen) atoms. The molecule has 0 spiro atoms. The van der Waals surface area contributed by atoms with Crippen LogP contribution in [0.2, 0.25) is 0 Å². The van der Waals surface area contributed by atoms with Crippen molar-refractivity contribution in [3.8, 4) is 0 Å². The number of carbonyl (C=O) groups is 2. The predicted octanol–water partition coefficient (Wildman–Crippen LogP) is 2.24. The maximum Gasteiger partial charge on any atom is 0.251 e. The minimum atomic E-state index is -0.191. The summed E-state index contributed by atoms with van der Waals surface area (Å²) in [6.07, 6.45) is 7.25. The number of rotatable bonds is 6. The molecule has 0 saturated heterocycles. The van der Waals surface area contributed by atoms with Gasteiger partial charge in [0.05, 0.1) is 6.61 Å². The predicted molar refractivity (Wildman–Crippen MR) is 98.3 cm³/mol. The molecule has 2 amide bonds. The van der Waals surface area contributed by atoms with Crippen LogP contribution in [-0.2, 0) is 11.3 Å². The number of hydrogen-bond donors (Lipinski definition) is 3. The van der Waals surface area contributed by atoms with Crippen molar-refractivity contribution < 1.29 is 14.7 Å². The fraction of sp³-hybridized carbons (Fsp3) is 0.619. The summed E-state index contributed by atoms with van der Waals surface area (Å²) in [6, 6.07) is 7.29. The highest BCUT2D eigenvalue weighted by atomic mass is 16.3. The van der Waals surface area contributed by atoms with Crippen LogP contribution in [0.5, 0.6) is 0 Å². The lowest BCUT2D eigenvalue weighted by Gasteiger charge is -2.55. The molecule has 0 radical (unpaired) electrons. The van der Waals surface area contributed by atoms with E-state index in [0.29, 0.717) is 12.1 Å². The Balaban J connectivity index is 1.34. The average Bonchev–Trinajstić information content (AvgIpc) is 2.63. The first-order valence-electron chi connectivity index (χ1n) is 9.84. The molecule has 4 bridgehead atoms. The SMILES string of the molecule is O=C(NCCO)c1ccc(CNC(=O)C23CC4CC(CC(C4)C2)C3)cc1. The summed E-state index contributed by atoms with van der Waals surface area (Å²) < 4.78 is 0. The molecule has 0 heterocycles. The number of hydrogen-bond acceptors (Lipinski definition) is 3. The Morgan fingerprint density at radius 1 is 0.962 bits per heavy atom. The van der Waals surface area contributed by atoms with Crippen molar-refractivity contribution >= 4 is 11.8 Å². The van der Waals surface area contributed by atoms with Crippen LogP contribution >= 0.6 is 0 Å². The van der Waals surface area contributed by atoms with Crippen molar-refractivity contribution in [2.24, 2.45) is 23.2 Å². The molecule has 4 saturated carbocycles. The van der Waals surface area contributed by atoms with Crippen LogP contribution in [0.15, 0.2) is 24.3 Å². The monoisotopic (exact) mass is 356 g/mol. The average molecular weight is 356 g/mol. The van der Waals surface area contributed by atoms with Gasteiger partial charge in [-0.3, -0.25) is 9.59 Å². The molecule has 0 unspecified atom stereocenters. The number of aliphatic hydroxyl groups is 1. The lowest BCUT2D eigenvalue weighted by molar-refractivity contribution is -0.146. The smallest absolute Gasteiger partial charge is 0.251 e. The van der Waals surface area contributed by atoms with E-state index in [1.165, 1.54) is 19.3 Å². The lowest BCUT2D eigenvalue weighted by atomic mass is 9.49. The highest BCUT2D eigenvalue weighted by Crippen LogP contribution is 2.60. The van der Waals surface area contributed by atoms with Crippen LogP contribution in [0.25, 0.3) is 0 Å². The summed E-state index contributed by atoms with van der Waals surface area (Å²) in [7, 11) is 0. The van der Waals surface area contributed by atoms with Gasteiger partial charge in [0.1, 0.15) is 0 Å². The van der Waals surface area contributed by atoms with Gasteiger partial charge in [0.25, 0.3) is 5.91 Å². The van der Waals surface area contributed by atoms with Crippen molar-refractivity contribution in [3.63, 3.8) is 0 Å². The van der Waals surface area contributed by atoms with E-state index in [0.717, 1.165) is 42.6 Å². The molecule has 0 aromatic heterocycles. The van der Waals surface area contributed by atoms with Crippen molar-refractivity contribution in [1.29, 1.82) is 0 Å². The highest BCUT2D eigenvalue weighted by molar-refractivity contribution is 5.94. The van der Waals surface area contributed by atoms with Gasteiger partial charge in [-0.25, -0.2) is 0 Å². The van der Waals surface area contributed by atoms with E-state index in [1.54, 1.807) is 12.1 Å². The quantitative estimate of drug-likeness (QED) is 0.731. The van der Waals surface area contributed by atoms with Gasteiger partial charge in [0, 0.05) is 24.1 Å². The molecule has 0 atom stereocenters. The van der Waals surface area contributed by atoms with Gasteiger partial charge in [-0.2, -0.15) is 0 Å². The summed E-state index contributed by atoms with van der Waals surface area (Å²) >= 11 is 0. The van der Waals surface area contributed by atoms with Crippen LogP contribution in [0.3, 0.4) is 0 Å². The molecule has 0 aliphatic heterocycles. The second-order valence-electron chi connectivity index (χ2n) is 8.56. The first-order valence-corrected chi connectivity index (χ1v) is 9.84. The van der Waals surface area contributed by atoms with E-state index in [-0.39, 0.29) is 30.4 Å². The Bertz CT molecular complexity index is 648. The second kappa shape index (κ2) is 7.03. The number of amides is 2. The van der Waals surface area contributed by atoms with Crippen LogP contribution in [-0.4, -0.2) is 30.1 Å². The molecular weight excluding hydrogens is 328 g/mol. The molecule has 1 aromatic rings. The molecule has 4 aliphatic carbocycles. The first-order chi connectivity index (χ1) is 12.6. The van der Waals surface area contributed by atoms with Crippen LogP contribution in [0, 0.1) is 23.2 Å². The summed E-state index contributed by atoms with van der Waals surface area (Å²) in [5, 5.41) is 14.6. The summed E-state index contributed by atoms with van der Waals surface area (Å²) in [5.41, 5.74) is 1.45. The zero-order chi connectivity index (χ0) is 18.1. The van der Waals surface area contributed by atoms with Crippen molar-refractivity contribution in [1.82, 2.24) is 10.6 Å². The zero-order valence-electron chi connectivity index (χ0n) is 15.2. The topological polar surface area (TPSA) is 78.4 Å². The number of benzene rings is 1. The molecule has 1 aromatic carbocycles. The zero-order valence-corrected chi connectivity index (χ0v) is 15.2. The van der Waals surface area contributed by atoms with E-state index in [1.807, 2.05) is 12.1 Å². The second-order valence-corrected chi connectivity index (χ2v) is 8.56. The van der Waals surface area contributed by atoms with Crippen molar-refractivity contribution in [3.05, 3.63) is 35.4 Å². The molecular formula is C21H28N2O3. The minimum Gasteiger partial charge on any atom is -0.395 e. The molecule has 140 valence electrons. The van der Waals surface area contributed by atoms with Crippen molar-refractivity contribution in [2.75, 3.05) is 13.2 Å². The van der Waals surface area contributed by atoms with Gasteiger partial charge < -0.3 is 15.7 Å². The van der Waals surface area contributed by atoms with Crippen molar-refractivity contribution in [2.45, 2.75) is 45.1 Å². The molecule has 3 N–H and O–H groups in total. The van der Waals surface area contributed by atoms with E-state index in [2.05, 4.69) is 10.6 Å². The molecule has 4 aliphatic rings.